The lowest BCUT2D eigenvalue weighted by Gasteiger charge is -2.11. The second-order valence-corrected chi connectivity index (χ2v) is 5.22. The van der Waals surface area contributed by atoms with Crippen molar-refractivity contribution >= 4 is 17.4 Å². The van der Waals surface area contributed by atoms with Crippen LogP contribution in [-0.4, -0.2) is 41.1 Å². The summed E-state index contributed by atoms with van der Waals surface area (Å²) in [5.41, 5.74) is 0.380. The van der Waals surface area contributed by atoms with Crippen molar-refractivity contribution in [2.75, 3.05) is 20.6 Å². The average molecular weight is 296 g/mol. The molecule has 0 N–H and O–H groups in total. The summed E-state index contributed by atoms with van der Waals surface area (Å²) < 4.78 is 7.12. The Labute approximate surface area is 123 Å². The minimum Gasteiger partial charge on any atom is -0.458 e. The second kappa shape index (κ2) is 6.24. The average Bonchev–Trinajstić information content (AvgIpc) is 3.02. The smallest absolute Gasteiger partial charge is 0.247 e. The summed E-state index contributed by atoms with van der Waals surface area (Å²) in [6, 6.07) is 3.49. The summed E-state index contributed by atoms with van der Waals surface area (Å²) in [7, 11) is 3.93. The van der Waals surface area contributed by atoms with Crippen LogP contribution in [0.25, 0.3) is 0 Å². The van der Waals surface area contributed by atoms with E-state index < -0.39 is 0 Å². The van der Waals surface area contributed by atoms with Crippen molar-refractivity contribution in [2.45, 2.75) is 19.9 Å². The van der Waals surface area contributed by atoms with Crippen LogP contribution in [-0.2, 0) is 13.0 Å². The van der Waals surface area contributed by atoms with Gasteiger partial charge in [-0.15, -0.1) is 0 Å². The number of hydrogen-bond acceptors (Lipinski definition) is 4. The molecule has 2 rings (SSSR count). The molecule has 2 aromatic heterocycles. The van der Waals surface area contributed by atoms with Gasteiger partial charge in [0.1, 0.15) is 11.5 Å². The number of nitrogens with zero attached hydrogens (tertiary/aromatic N) is 3. The quantitative estimate of drug-likeness (QED) is 0.768. The minimum absolute atomic E-state index is 0.231. The van der Waals surface area contributed by atoms with Crippen LogP contribution in [0.4, 0.5) is 0 Å². The fourth-order valence-corrected chi connectivity index (χ4v) is 2.09. The molecule has 0 spiro atoms. The van der Waals surface area contributed by atoms with Crippen molar-refractivity contribution < 1.29 is 9.21 Å². The Hall–Kier alpha value is -1.59. The van der Waals surface area contributed by atoms with E-state index in [4.69, 9.17) is 16.0 Å². The summed E-state index contributed by atoms with van der Waals surface area (Å²) >= 11 is 6.09. The molecule has 20 heavy (non-hydrogen) atoms. The molecular formula is C14H18ClN3O2. The Bertz CT molecular complexity index is 601. The van der Waals surface area contributed by atoms with Crippen molar-refractivity contribution in [1.29, 1.82) is 0 Å². The molecule has 0 aliphatic carbocycles. The van der Waals surface area contributed by atoms with Crippen LogP contribution in [0.2, 0.25) is 5.02 Å². The van der Waals surface area contributed by atoms with Gasteiger partial charge in [0.15, 0.2) is 5.76 Å². The highest BCUT2D eigenvalue weighted by molar-refractivity contribution is 6.34. The third kappa shape index (κ3) is 3.11. The van der Waals surface area contributed by atoms with Crippen molar-refractivity contribution in [3.05, 3.63) is 40.6 Å². The van der Waals surface area contributed by atoms with E-state index in [0.717, 1.165) is 18.7 Å². The van der Waals surface area contributed by atoms with Crippen molar-refractivity contribution in [3.63, 3.8) is 0 Å². The Morgan fingerprint density at radius 1 is 1.45 bits per heavy atom. The number of furan rings is 1. The van der Waals surface area contributed by atoms with E-state index in [0.29, 0.717) is 23.0 Å². The highest BCUT2D eigenvalue weighted by Gasteiger charge is 2.22. The zero-order valence-electron chi connectivity index (χ0n) is 11.9. The van der Waals surface area contributed by atoms with Gasteiger partial charge in [0, 0.05) is 13.0 Å². The molecule has 0 aromatic carbocycles. The Kier molecular flexibility index (Phi) is 4.62. The van der Waals surface area contributed by atoms with Crippen LogP contribution >= 0.6 is 11.6 Å². The number of carbonyl (C=O) groups is 1. The zero-order chi connectivity index (χ0) is 14.7. The van der Waals surface area contributed by atoms with Gasteiger partial charge in [-0.25, -0.2) is 0 Å². The Morgan fingerprint density at radius 2 is 2.20 bits per heavy atom. The number of ketones is 1. The van der Waals surface area contributed by atoms with Crippen molar-refractivity contribution in [2.24, 2.45) is 0 Å². The van der Waals surface area contributed by atoms with Crippen LogP contribution in [0, 0.1) is 0 Å². The van der Waals surface area contributed by atoms with Gasteiger partial charge in [-0.2, -0.15) is 5.10 Å². The number of aromatic nitrogens is 2. The highest BCUT2D eigenvalue weighted by Crippen LogP contribution is 2.20. The molecule has 2 aromatic rings. The largest absolute Gasteiger partial charge is 0.458 e. The van der Waals surface area contributed by atoms with Crippen LogP contribution in [0.5, 0.6) is 0 Å². The maximum Gasteiger partial charge on any atom is 0.247 e. The Morgan fingerprint density at radius 3 is 2.80 bits per heavy atom. The molecular weight excluding hydrogens is 278 g/mol. The first-order valence-electron chi connectivity index (χ1n) is 6.52. The van der Waals surface area contributed by atoms with Crippen LogP contribution in [0.3, 0.4) is 0 Å². The number of rotatable bonds is 6. The minimum atomic E-state index is -0.231. The van der Waals surface area contributed by atoms with Crippen LogP contribution < -0.4 is 0 Å². The fourth-order valence-electron chi connectivity index (χ4n) is 1.86. The molecule has 0 aliphatic heterocycles. The topological polar surface area (TPSA) is 51.3 Å². The van der Waals surface area contributed by atoms with Gasteiger partial charge in [-0.05, 0) is 26.2 Å². The predicted octanol–water partition coefficient (Wildman–Crippen LogP) is 2.48. The first-order chi connectivity index (χ1) is 9.52. The molecule has 6 heteroatoms. The maximum absolute atomic E-state index is 12.5. The summed E-state index contributed by atoms with van der Waals surface area (Å²) in [5.74, 6) is 0.852. The highest BCUT2D eigenvalue weighted by atomic mass is 35.5. The first kappa shape index (κ1) is 14.8. The monoisotopic (exact) mass is 295 g/mol. The third-order valence-electron chi connectivity index (χ3n) is 3.00. The molecule has 0 amide bonds. The maximum atomic E-state index is 12.5. The lowest BCUT2D eigenvalue weighted by molar-refractivity contribution is 0.0996. The summed E-state index contributed by atoms with van der Waals surface area (Å²) in [6.45, 7) is 3.35. The molecule has 0 fully saturated rings. The van der Waals surface area contributed by atoms with Crippen molar-refractivity contribution in [3.8, 4) is 0 Å². The molecule has 0 saturated carbocycles. The first-order valence-corrected chi connectivity index (χ1v) is 6.90. The van der Waals surface area contributed by atoms with E-state index in [1.165, 1.54) is 6.20 Å². The molecule has 0 unspecified atom stereocenters. The normalized spacial score (nSPS) is 11.2. The number of likely N-dealkylation sites (N-methyl/N-ethyl adjacent to an activating group) is 1. The molecule has 0 aliphatic rings. The van der Waals surface area contributed by atoms with E-state index in [2.05, 4.69) is 5.10 Å². The molecule has 108 valence electrons. The lowest BCUT2D eigenvalue weighted by Crippen LogP contribution is -2.21. The van der Waals surface area contributed by atoms with Gasteiger partial charge in [0.25, 0.3) is 0 Å². The number of hydrogen-bond donors (Lipinski definition) is 0. The second-order valence-electron chi connectivity index (χ2n) is 4.82. The molecule has 5 nitrogen and oxygen atoms in total. The standard InChI is InChI=1S/C14H18ClN3O2/c1-4-10-5-6-12(20-10)14(19)13-11(15)9-16-18(13)8-7-17(2)3/h5-6,9H,4,7-8H2,1-3H3. The number of aryl methyl sites for hydroxylation is 1. The van der Waals surface area contributed by atoms with Gasteiger partial charge in [0.2, 0.25) is 5.78 Å². The van der Waals surface area contributed by atoms with E-state index in [1.54, 1.807) is 10.7 Å². The Balaban J connectivity index is 2.26. The summed E-state index contributed by atoms with van der Waals surface area (Å²) in [5, 5.41) is 4.51. The van der Waals surface area contributed by atoms with Gasteiger partial charge < -0.3 is 9.32 Å². The summed E-state index contributed by atoms with van der Waals surface area (Å²) in [6.07, 6.45) is 2.25. The number of halogens is 1. The molecule has 2 heterocycles. The van der Waals surface area contributed by atoms with E-state index in [1.807, 2.05) is 32.0 Å². The van der Waals surface area contributed by atoms with Gasteiger partial charge in [-0.3, -0.25) is 9.48 Å². The van der Waals surface area contributed by atoms with Crippen LogP contribution in [0.1, 0.15) is 28.9 Å². The SMILES string of the molecule is CCc1ccc(C(=O)c2c(Cl)cnn2CCN(C)C)o1. The lowest BCUT2D eigenvalue weighted by atomic mass is 10.2. The number of carbonyl (C=O) groups excluding carboxylic acids is 1. The molecule has 0 saturated heterocycles. The van der Waals surface area contributed by atoms with Gasteiger partial charge in [-0.1, -0.05) is 18.5 Å². The molecule has 0 radical (unpaired) electrons. The fraction of sp³-hybridized carbons (Fsp3) is 0.429. The van der Waals surface area contributed by atoms with Crippen molar-refractivity contribution in [1.82, 2.24) is 14.7 Å². The predicted molar refractivity (Wildman–Crippen MR) is 77.3 cm³/mol. The summed E-state index contributed by atoms with van der Waals surface area (Å²) in [4.78, 5) is 14.5. The molecule has 0 bridgehead atoms. The third-order valence-corrected chi connectivity index (χ3v) is 3.28. The van der Waals surface area contributed by atoms with E-state index in [9.17, 15) is 4.79 Å². The van der Waals surface area contributed by atoms with Gasteiger partial charge >= 0.3 is 0 Å². The zero-order valence-corrected chi connectivity index (χ0v) is 12.6. The van der Waals surface area contributed by atoms with E-state index in [-0.39, 0.29) is 5.78 Å². The van der Waals surface area contributed by atoms with Crippen LogP contribution in [0.15, 0.2) is 22.7 Å². The van der Waals surface area contributed by atoms with E-state index >= 15 is 0 Å². The molecule has 0 atom stereocenters. The van der Waals surface area contributed by atoms with Gasteiger partial charge in [0.05, 0.1) is 17.8 Å².